The lowest BCUT2D eigenvalue weighted by Crippen LogP contribution is -2.45. The molecule has 9 unspecified atom stereocenters. The van der Waals surface area contributed by atoms with E-state index in [-0.39, 0.29) is 90.6 Å². The third kappa shape index (κ3) is 28.7. The Bertz CT molecular complexity index is 611. The highest BCUT2D eigenvalue weighted by Gasteiger charge is 2.37. The fraction of sp³-hybridized carbons (Fsp3) is 1.00. The van der Waals surface area contributed by atoms with Crippen molar-refractivity contribution in [2.24, 2.45) is 5.41 Å². The first-order valence-corrected chi connectivity index (χ1v) is 16.9. The van der Waals surface area contributed by atoms with E-state index in [0.717, 1.165) is 103 Å². The van der Waals surface area contributed by atoms with E-state index in [2.05, 4.69) is 27.7 Å². The summed E-state index contributed by atoms with van der Waals surface area (Å²) in [5.41, 5.74) is -0.342. The van der Waals surface area contributed by atoms with Crippen molar-refractivity contribution in [2.45, 2.75) is 233 Å². The van der Waals surface area contributed by atoms with Crippen LogP contribution in [0.2, 0.25) is 0 Å². The van der Waals surface area contributed by atoms with Gasteiger partial charge in [0.25, 0.3) is 0 Å². The standard InChI is InChI=1S/C24H44O6.3C3H6O.9CH4/c1-2-24(15-28-21-12-6-3-9-18(21)25,16-29-22-13-7-4-10-19(22)26)17-30-23-14-8-5-11-20(23)27;3*1-3-2-4-3;;;;;;;;;/h18-23,25-27H,2-17H2,1H3;3*3H,2H2,1H3;9*1H4. The van der Waals surface area contributed by atoms with Gasteiger partial charge >= 0.3 is 0 Å². The van der Waals surface area contributed by atoms with Crippen LogP contribution in [0.5, 0.6) is 0 Å². The smallest absolute Gasteiger partial charge is 0.0834 e. The second kappa shape index (κ2) is 35.3. The Hall–Kier alpha value is -0.360. The average Bonchev–Trinajstić information content (AvgIpc) is 3.89. The molecule has 0 radical (unpaired) electrons. The maximum Gasteiger partial charge on any atom is 0.0834 e. The van der Waals surface area contributed by atoms with E-state index in [4.69, 9.17) is 28.4 Å². The van der Waals surface area contributed by atoms with Crippen LogP contribution in [0.15, 0.2) is 0 Å². The Morgan fingerprint density at radius 1 is 0.451 bits per heavy atom. The molecular formula is C42H98O9. The Morgan fingerprint density at radius 3 is 0.804 bits per heavy atom. The van der Waals surface area contributed by atoms with Gasteiger partial charge in [-0.2, -0.15) is 0 Å². The van der Waals surface area contributed by atoms with Crippen LogP contribution in [0.25, 0.3) is 0 Å². The largest absolute Gasteiger partial charge is 0.390 e. The summed E-state index contributed by atoms with van der Waals surface area (Å²) in [6.45, 7) is 12.7. The van der Waals surface area contributed by atoms with E-state index in [1.165, 1.54) is 0 Å². The van der Waals surface area contributed by atoms with E-state index in [9.17, 15) is 15.3 Å². The molecular weight excluding hydrogens is 648 g/mol. The second-order valence-corrected chi connectivity index (χ2v) is 13.4. The Balaban J connectivity index is -0.000000157. The summed E-state index contributed by atoms with van der Waals surface area (Å²) in [6, 6.07) is 0. The minimum absolute atomic E-state index is 0. The maximum absolute atomic E-state index is 10.3. The lowest BCUT2D eigenvalue weighted by molar-refractivity contribution is -0.161. The normalized spacial score (nSPS) is 31.5. The monoisotopic (exact) mass is 747 g/mol. The van der Waals surface area contributed by atoms with Crippen LogP contribution in [-0.4, -0.2) is 110 Å². The molecule has 9 heteroatoms. The zero-order valence-electron chi connectivity index (χ0n) is 26.9. The average molecular weight is 747 g/mol. The van der Waals surface area contributed by atoms with Gasteiger partial charge in [0.05, 0.1) is 94.6 Å². The summed E-state index contributed by atoms with van der Waals surface area (Å²) >= 11 is 0. The zero-order chi connectivity index (χ0) is 30.4. The van der Waals surface area contributed by atoms with Crippen molar-refractivity contribution in [3.05, 3.63) is 0 Å². The van der Waals surface area contributed by atoms with Gasteiger partial charge in [-0.05, 0) is 65.7 Å². The highest BCUT2D eigenvalue weighted by atomic mass is 16.6. The lowest BCUT2D eigenvalue weighted by atomic mass is 9.86. The van der Waals surface area contributed by atoms with E-state index < -0.39 is 18.3 Å². The van der Waals surface area contributed by atoms with Crippen LogP contribution in [-0.2, 0) is 28.4 Å². The zero-order valence-corrected chi connectivity index (χ0v) is 26.9. The molecule has 0 aromatic rings. The number of rotatable bonds is 10. The molecule has 3 saturated carbocycles. The number of epoxide rings is 3. The molecule has 320 valence electrons. The molecule has 0 aromatic carbocycles. The van der Waals surface area contributed by atoms with Gasteiger partial charge in [0.15, 0.2) is 0 Å². The van der Waals surface area contributed by atoms with Gasteiger partial charge in [-0.15, -0.1) is 0 Å². The van der Waals surface area contributed by atoms with Gasteiger partial charge in [-0.25, -0.2) is 0 Å². The van der Waals surface area contributed by atoms with Crippen LogP contribution < -0.4 is 0 Å². The maximum atomic E-state index is 10.3. The third-order valence-corrected chi connectivity index (χ3v) is 9.06. The van der Waals surface area contributed by atoms with Gasteiger partial charge in [-0.3, -0.25) is 0 Å². The van der Waals surface area contributed by atoms with Crippen molar-refractivity contribution >= 4 is 0 Å². The number of hydrogen-bond acceptors (Lipinski definition) is 9. The van der Waals surface area contributed by atoms with Crippen molar-refractivity contribution in [3.63, 3.8) is 0 Å². The highest BCUT2D eigenvalue weighted by Crippen LogP contribution is 2.32. The molecule has 9 nitrogen and oxygen atoms in total. The topological polar surface area (TPSA) is 126 Å². The summed E-state index contributed by atoms with van der Waals surface area (Å²) in [7, 11) is 0. The summed E-state index contributed by atoms with van der Waals surface area (Å²) in [5, 5.41) is 31.0. The van der Waals surface area contributed by atoms with E-state index in [0.29, 0.717) is 38.1 Å². The molecule has 0 spiro atoms. The first kappa shape index (κ1) is 65.5. The molecule has 6 fully saturated rings. The molecule has 3 aliphatic carbocycles. The van der Waals surface area contributed by atoms with Crippen molar-refractivity contribution in [1.82, 2.24) is 0 Å². The molecule has 6 rings (SSSR count). The van der Waals surface area contributed by atoms with Gasteiger partial charge in [0.2, 0.25) is 0 Å². The predicted octanol–water partition coefficient (Wildman–Crippen LogP) is 10.3. The van der Waals surface area contributed by atoms with Gasteiger partial charge in [0, 0.05) is 5.41 Å². The summed E-state index contributed by atoms with van der Waals surface area (Å²) in [5.74, 6) is 0. The Labute approximate surface area is 321 Å². The lowest BCUT2D eigenvalue weighted by Gasteiger charge is -2.39. The summed E-state index contributed by atoms with van der Waals surface area (Å²) in [6.07, 6.45) is 12.6. The third-order valence-electron chi connectivity index (χ3n) is 9.06. The van der Waals surface area contributed by atoms with Crippen molar-refractivity contribution < 1.29 is 43.7 Å². The second-order valence-electron chi connectivity index (χ2n) is 13.4. The van der Waals surface area contributed by atoms with Crippen LogP contribution in [0, 0.1) is 5.41 Å². The van der Waals surface area contributed by atoms with E-state index in [1.54, 1.807) is 0 Å². The first-order chi connectivity index (χ1) is 20.2. The number of ether oxygens (including phenoxy) is 6. The van der Waals surface area contributed by atoms with E-state index in [1.807, 2.05) is 0 Å². The van der Waals surface area contributed by atoms with Crippen molar-refractivity contribution in [3.8, 4) is 0 Å². The minimum atomic E-state index is -0.393. The molecule has 3 heterocycles. The minimum Gasteiger partial charge on any atom is -0.390 e. The molecule has 3 aliphatic heterocycles. The predicted molar refractivity (Wildman–Crippen MR) is 222 cm³/mol. The molecule has 51 heavy (non-hydrogen) atoms. The van der Waals surface area contributed by atoms with E-state index >= 15 is 0 Å². The van der Waals surface area contributed by atoms with Gasteiger partial charge in [-0.1, -0.05) is 112 Å². The molecule has 0 aromatic heterocycles. The number of aliphatic hydroxyl groups is 3. The molecule has 0 bridgehead atoms. The van der Waals surface area contributed by atoms with Gasteiger partial charge < -0.3 is 43.7 Å². The summed E-state index contributed by atoms with van der Waals surface area (Å²) < 4.78 is 32.9. The fourth-order valence-electron chi connectivity index (χ4n) is 5.39. The van der Waals surface area contributed by atoms with Crippen molar-refractivity contribution in [1.29, 1.82) is 0 Å². The quantitative estimate of drug-likeness (QED) is 0.187. The summed E-state index contributed by atoms with van der Waals surface area (Å²) in [4.78, 5) is 0. The van der Waals surface area contributed by atoms with Crippen LogP contribution in [0.4, 0.5) is 0 Å². The fourth-order valence-corrected chi connectivity index (χ4v) is 5.39. The Kier molecular flexibility index (Phi) is 45.4. The molecule has 0 amide bonds. The van der Waals surface area contributed by atoms with Crippen molar-refractivity contribution in [2.75, 3.05) is 39.6 Å². The number of hydrogen-bond donors (Lipinski definition) is 3. The van der Waals surface area contributed by atoms with Crippen LogP contribution in [0.1, 0.15) is 178 Å². The molecule has 6 aliphatic rings. The SMILES string of the molecule is C.C.C.C.C.C.C.C.C.CC1CO1.CC1CO1.CC1CO1.CCC(COC1CCCCC1O)(COC1CCCCC1O)COC1CCCCC1O. The molecule has 9 atom stereocenters. The highest BCUT2D eigenvalue weighted by molar-refractivity contribution is 4.85. The molecule has 3 saturated heterocycles. The first-order valence-electron chi connectivity index (χ1n) is 16.9. The van der Waals surface area contributed by atoms with Crippen LogP contribution >= 0.6 is 0 Å². The molecule has 3 N–H and O–H groups in total. The van der Waals surface area contributed by atoms with Gasteiger partial charge in [0.1, 0.15) is 0 Å². The number of aliphatic hydroxyl groups excluding tert-OH is 3. The Morgan fingerprint density at radius 2 is 0.647 bits per heavy atom. The van der Waals surface area contributed by atoms with Crippen LogP contribution in [0.3, 0.4) is 0 Å².